The van der Waals surface area contributed by atoms with Crippen LogP contribution >= 0.6 is 0 Å². The van der Waals surface area contributed by atoms with Gasteiger partial charge < -0.3 is 28.6 Å². The number of carbonyl (C=O) groups is 3. The number of hydrogen-bond donors (Lipinski definition) is 0. The van der Waals surface area contributed by atoms with Crippen LogP contribution in [0.1, 0.15) is 213 Å². The molecule has 0 heterocycles. The number of quaternary nitrogens is 1. The van der Waals surface area contributed by atoms with Crippen molar-refractivity contribution in [2.75, 3.05) is 41.0 Å². The molecule has 0 aliphatic carbocycles. The molecule has 0 bridgehead atoms. The third kappa shape index (κ3) is 37.4. The normalized spacial score (nSPS) is 13.1. The molecule has 0 N–H and O–H groups in total. The Morgan fingerprint density at radius 2 is 0.946 bits per heavy atom. The number of likely N-dealkylation sites (N-methyl/N-ethyl adjacent to an activating group) is 1. The van der Waals surface area contributed by atoms with Gasteiger partial charge in [0.05, 0.1) is 40.3 Å². The highest BCUT2D eigenvalue weighted by atomic mass is 16.6. The summed E-state index contributed by atoms with van der Waals surface area (Å²) >= 11 is 0. The van der Waals surface area contributed by atoms with Crippen molar-refractivity contribution in [1.29, 1.82) is 0 Å². The van der Waals surface area contributed by atoms with Crippen molar-refractivity contribution >= 4 is 17.9 Å². The van der Waals surface area contributed by atoms with E-state index in [2.05, 4.69) is 38.2 Å². The molecule has 0 spiro atoms. The van der Waals surface area contributed by atoms with Crippen molar-refractivity contribution in [2.45, 2.75) is 225 Å². The van der Waals surface area contributed by atoms with Crippen LogP contribution in [-0.2, 0) is 28.6 Å². The largest absolute Gasteiger partial charge is 0.544 e. The van der Waals surface area contributed by atoms with Gasteiger partial charge in [0.1, 0.15) is 12.6 Å². The molecular weight excluding hydrogens is 703 g/mol. The number of hydrogen-bond acceptors (Lipinski definition) is 7. The Morgan fingerprint density at radius 1 is 0.536 bits per heavy atom. The van der Waals surface area contributed by atoms with Crippen LogP contribution in [0.5, 0.6) is 0 Å². The maximum absolute atomic E-state index is 12.7. The second kappa shape index (κ2) is 39.6. The summed E-state index contributed by atoms with van der Waals surface area (Å²) in [4.78, 5) is 36.8. The van der Waals surface area contributed by atoms with E-state index in [4.69, 9.17) is 14.2 Å². The summed E-state index contributed by atoms with van der Waals surface area (Å²) in [6, 6.07) is -0.726. The summed E-state index contributed by atoms with van der Waals surface area (Å²) in [6.45, 7) is 4.60. The van der Waals surface area contributed by atoms with Crippen LogP contribution in [0.4, 0.5) is 0 Å². The topological polar surface area (TPSA) is 102 Å². The molecule has 2 atom stereocenters. The van der Waals surface area contributed by atoms with E-state index in [0.29, 0.717) is 12.8 Å². The minimum Gasteiger partial charge on any atom is -0.544 e. The van der Waals surface area contributed by atoms with Crippen molar-refractivity contribution in [3.8, 4) is 0 Å². The van der Waals surface area contributed by atoms with Gasteiger partial charge in [-0.1, -0.05) is 186 Å². The van der Waals surface area contributed by atoms with Gasteiger partial charge >= 0.3 is 11.9 Å². The van der Waals surface area contributed by atoms with Crippen molar-refractivity contribution in [2.24, 2.45) is 0 Å². The average Bonchev–Trinajstić information content (AvgIpc) is 3.15. The van der Waals surface area contributed by atoms with Crippen LogP contribution in [0, 0.1) is 0 Å². The van der Waals surface area contributed by atoms with Crippen LogP contribution in [0.3, 0.4) is 0 Å². The molecule has 56 heavy (non-hydrogen) atoms. The van der Waals surface area contributed by atoms with Gasteiger partial charge in [-0.2, -0.15) is 0 Å². The number of unbranched alkanes of at least 4 members (excludes halogenated alkanes) is 25. The van der Waals surface area contributed by atoms with Gasteiger partial charge in [-0.25, -0.2) is 0 Å². The van der Waals surface area contributed by atoms with Crippen molar-refractivity contribution in [3.63, 3.8) is 0 Å². The Bertz CT molecular complexity index is 973. The zero-order chi connectivity index (χ0) is 41.4. The summed E-state index contributed by atoms with van der Waals surface area (Å²) in [6.07, 6.45) is 43.6. The lowest BCUT2D eigenvalue weighted by molar-refractivity contribution is -0.889. The molecule has 0 radical (unpaired) electrons. The van der Waals surface area contributed by atoms with E-state index in [1.54, 1.807) is 21.1 Å². The third-order valence-corrected chi connectivity index (χ3v) is 10.6. The lowest BCUT2D eigenvalue weighted by atomic mass is 10.0. The van der Waals surface area contributed by atoms with Gasteiger partial charge in [-0.3, -0.25) is 9.59 Å². The molecule has 0 aliphatic heterocycles. The predicted molar refractivity (Wildman–Crippen MR) is 231 cm³/mol. The maximum atomic E-state index is 12.7. The molecule has 0 aliphatic rings. The summed E-state index contributed by atoms with van der Waals surface area (Å²) in [5.74, 6) is -1.76. The van der Waals surface area contributed by atoms with Gasteiger partial charge in [0, 0.05) is 19.3 Å². The molecule has 2 unspecified atom stereocenters. The highest BCUT2D eigenvalue weighted by molar-refractivity contribution is 5.70. The fourth-order valence-electron chi connectivity index (χ4n) is 6.93. The first-order chi connectivity index (χ1) is 27.1. The van der Waals surface area contributed by atoms with E-state index in [0.717, 1.165) is 51.4 Å². The molecule has 8 nitrogen and oxygen atoms in total. The van der Waals surface area contributed by atoms with Crippen LogP contribution in [0.25, 0.3) is 0 Å². The molecular formula is C48H89NO7. The first-order valence-corrected chi connectivity index (χ1v) is 23.4. The van der Waals surface area contributed by atoms with Crippen LogP contribution in [-0.4, -0.2) is 75.5 Å². The maximum Gasteiger partial charge on any atom is 0.306 e. The summed E-state index contributed by atoms with van der Waals surface area (Å²) in [5, 5.41) is 11.6. The van der Waals surface area contributed by atoms with Gasteiger partial charge in [0.2, 0.25) is 0 Å². The number of carbonyl (C=O) groups excluding carboxylic acids is 3. The van der Waals surface area contributed by atoms with E-state index >= 15 is 0 Å². The van der Waals surface area contributed by atoms with Crippen molar-refractivity contribution in [1.82, 2.24) is 0 Å². The first kappa shape index (κ1) is 53.8. The summed E-state index contributed by atoms with van der Waals surface area (Å²) in [7, 11) is 5.40. The molecule has 0 aromatic heterocycles. The molecule has 8 heteroatoms. The predicted octanol–water partition coefficient (Wildman–Crippen LogP) is 11.5. The average molecular weight is 792 g/mol. The van der Waals surface area contributed by atoms with Crippen molar-refractivity contribution in [3.05, 3.63) is 24.3 Å². The molecule has 0 aromatic carbocycles. The molecule has 0 saturated heterocycles. The van der Waals surface area contributed by atoms with Gasteiger partial charge in [-0.05, 0) is 32.1 Å². The molecule has 0 amide bonds. The number of nitrogens with zero attached hydrogens (tertiary/aromatic N) is 1. The van der Waals surface area contributed by atoms with Crippen LogP contribution < -0.4 is 5.11 Å². The minimum atomic E-state index is -1.13. The van der Waals surface area contributed by atoms with E-state index < -0.39 is 18.1 Å². The number of carboxylic acid groups (broad SMARTS) is 1. The fourth-order valence-corrected chi connectivity index (χ4v) is 6.93. The third-order valence-electron chi connectivity index (χ3n) is 10.6. The fraction of sp³-hybridized carbons (Fsp3) is 0.854. The zero-order valence-corrected chi connectivity index (χ0v) is 37.3. The molecule has 0 saturated carbocycles. The SMILES string of the molecule is CCCC/C=C/C=C/CCCCCC(=O)OCC(COCCC(C(=O)[O-])[N+](C)(C)C)OC(=O)CCCCCCCCCCCCCCCCCCCCCCC. The highest BCUT2D eigenvalue weighted by Gasteiger charge is 2.25. The number of ether oxygens (including phenoxy) is 3. The number of carboxylic acids is 1. The zero-order valence-electron chi connectivity index (χ0n) is 37.3. The quantitative estimate of drug-likeness (QED) is 0.0262. The van der Waals surface area contributed by atoms with Crippen molar-refractivity contribution < 1.29 is 38.2 Å². The Balaban J connectivity index is 4.22. The molecule has 0 rings (SSSR count). The van der Waals surface area contributed by atoms with Gasteiger partial charge in [-0.15, -0.1) is 0 Å². The minimum absolute atomic E-state index is 0.0362. The van der Waals surface area contributed by atoms with Gasteiger partial charge in [0.15, 0.2) is 6.10 Å². The van der Waals surface area contributed by atoms with E-state index in [1.165, 1.54) is 128 Å². The highest BCUT2D eigenvalue weighted by Crippen LogP contribution is 2.16. The second-order valence-electron chi connectivity index (χ2n) is 17.0. The lowest BCUT2D eigenvalue weighted by Gasteiger charge is -2.34. The van der Waals surface area contributed by atoms with Crippen LogP contribution in [0.2, 0.25) is 0 Å². The Kier molecular flexibility index (Phi) is 38.1. The number of esters is 2. The monoisotopic (exact) mass is 792 g/mol. The summed E-state index contributed by atoms with van der Waals surface area (Å²) in [5.41, 5.74) is 0. The lowest BCUT2D eigenvalue weighted by Crippen LogP contribution is -2.55. The second-order valence-corrected chi connectivity index (χ2v) is 17.0. The number of allylic oxidation sites excluding steroid dienone is 4. The molecule has 0 aromatic rings. The molecule has 0 fully saturated rings. The standard InChI is InChI=1S/C48H89NO7/c1-6-8-10-12-14-16-18-19-20-21-22-23-24-25-26-27-29-31-33-35-37-39-47(51)56-44(42-54-41-40-45(48(52)53)49(3,4)5)43-55-46(50)38-36-34-32-30-28-17-15-13-11-9-7-2/h13,15,17,28,44-45H,6-12,14,16,18-27,29-43H2,1-5H3/b15-13+,28-17+. The number of aliphatic carboxylic acids is 1. The van der Waals surface area contributed by atoms with Crippen LogP contribution in [0.15, 0.2) is 24.3 Å². The smallest absolute Gasteiger partial charge is 0.306 e. The Labute approximate surface area is 345 Å². The first-order valence-electron chi connectivity index (χ1n) is 23.4. The molecule has 328 valence electrons. The Hall–Kier alpha value is -2.19. The van der Waals surface area contributed by atoms with E-state index in [-0.39, 0.29) is 42.7 Å². The van der Waals surface area contributed by atoms with Gasteiger partial charge in [0.25, 0.3) is 0 Å². The Morgan fingerprint density at radius 3 is 1.39 bits per heavy atom. The summed E-state index contributed by atoms with van der Waals surface area (Å²) < 4.78 is 17.1. The van der Waals surface area contributed by atoms with E-state index in [1.807, 2.05) is 0 Å². The number of rotatable bonds is 42. The van der Waals surface area contributed by atoms with E-state index in [9.17, 15) is 19.5 Å².